The van der Waals surface area contributed by atoms with E-state index in [0.717, 1.165) is 28.4 Å². The van der Waals surface area contributed by atoms with Gasteiger partial charge in [0.2, 0.25) is 0 Å². The van der Waals surface area contributed by atoms with Gasteiger partial charge in [-0.1, -0.05) is 172 Å². The highest BCUT2D eigenvalue weighted by Crippen LogP contribution is 2.58. The number of para-hydroxylation sites is 2. The maximum atomic E-state index is 2.55. The molecule has 10 aromatic carbocycles. The second kappa shape index (κ2) is 13.9. The van der Waals surface area contributed by atoms with E-state index in [1.807, 2.05) is 0 Å². The van der Waals surface area contributed by atoms with E-state index in [4.69, 9.17) is 0 Å². The molecule has 0 aromatic heterocycles. The second-order valence-corrected chi connectivity index (χ2v) is 16.1. The van der Waals surface area contributed by atoms with E-state index < -0.39 is 0 Å². The second-order valence-electron chi connectivity index (χ2n) is 16.1. The maximum absolute atomic E-state index is 2.55. The Kier molecular flexibility index (Phi) is 8.20. The van der Waals surface area contributed by atoms with Gasteiger partial charge >= 0.3 is 0 Å². The van der Waals surface area contributed by atoms with Crippen molar-refractivity contribution in [3.05, 3.63) is 230 Å². The van der Waals surface area contributed by atoms with Gasteiger partial charge in [-0.05, 0) is 121 Å². The van der Waals surface area contributed by atoms with Gasteiger partial charge in [0.25, 0.3) is 0 Å². The summed E-state index contributed by atoms with van der Waals surface area (Å²) in [4.78, 5) is 4.90. The average molecular weight is 755 g/mol. The predicted octanol–water partition coefficient (Wildman–Crippen LogP) is 16.1. The third kappa shape index (κ3) is 5.71. The fraction of sp³-hybridized carbons (Fsp3) is 0.0526. The molecule has 2 heteroatoms. The van der Waals surface area contributed by atoms with Crippen LogP contribution < -0.4 is 9.80 Å². The quantitative estimate of drug-likeness (QED) is 0.150. The summed E-state index contributed by atoms with van der Waals surface area (Å²) in [5.41, 5.74) is 14.2. The summed E-state index contributed by atoms with van der Waals surface area (Å²) in [7, 11) is 0. The molecule has 2 nitrogen and oxygen atoms in total. The van der Waals surface area contributed by atoms with E-state index in [1.54, 1.807) is 0 Å². The maximum Gasteiger partial charge on any atom is 0.0593 e. The highest BCUT2D eigenvalue weighted by Gasteiger charge is 2.40. The Morgan fingerprint density at radius 3 is 1.58 bits per heavy atom. The lowest BCUT2D eigenvalue weighted by Gasteiger charge is -2.34. The minimum absolute atomic E-state index is 0.273. The molecule has 10 aromatic rings. The predicted molar refractivity (Wildman–Crippen MR) is 251 cm³/mol. The lowest BCUT2D eigenvalue weighted by Crippen LogP contribution is -2.21. The van der Waals surface area contributed by atoms with Crippen LogP contribution in [0.25, 0.3) is 54.6 Å². The fourth-order valence-electron chi connectivity index (χ4n) is 9.67. The Labute approximate surface area is 345 Å². The van der Waals surface area contributed by atoms with Crippen molar-refractivity contribution in [3.63, 3.8) is 0 Å². The lowest BCUT2D eigenvalue weighted by atomic mass is 9.79. The Hall–Kier alpha value is -7.42. The first kappa shape index (κ1) is 34.8. The fourth-order valence-corrected chi connectivity index (χ4v) is 9.67. The van der Waals surface area contributed by atoms with Crippen LogP contribution >= 0.6 is 0 Å². The highest BCUT2D eigenvalue weighted by molar-refractivity contribution is 6.18. The minimum atomic E-state index is -0.273. The van der Waals surface area contributed by atoms with Crippen molar-refractivity contribution in [2.24, 2.45) is 0 Å². The van der Waals surface area contributed by atoms with Gasteiger partial charge in [-0.3, -0.25) is 0 Å². The lowest BCUT2D eigenvalue weighted by molar-refractivity contribution is 0.661. The monoisotopic (exact) mass is 754 g/mol. The standard InChI is InChI=1S/C57H42N2/c1-57(2)53-30-14-13-28-51(53)52-37-42-32-31-40-18-10-12-27-50(40)54(42)56(55(52)57)59(45-35-33-41(34-36-45)49-29-15-19-39-17-9-11-26-48(39)49)47-25-16-24-46(38-47)58(43-20-5-3-6-21-43)44-22-7-4-8-23-44/h3-38H,1-2H3. The first-order chi connectivity index (χ1) is 29.0. The molecule has 0 amide bonds. The first-order valence-corrected chi connectivity index (χ1v) is 20.5. The Balaban J connectivity index is 1.21. The van der Waals surface area contributed by atoms with Crippen molar-refractivity contribution in [2.75, 3.05) is 9.80 Å². The van der Waals surface area contributed by atoms with Crippen LogP contribution in [-0.2, 0) is 5.41 Å². The summed E-state index contributed by atoms with van der Waals surface area (Å²) in [6.07, 6.45) is 0. The van der Waals surface area contributed by atoms with Crippen LogP contribution in [0.15, 0.2) is 218 Å². The summed E-state index contributed by atoms with van der Waals surface area (Å²) < 4.78 is 0. The third-order valence-corrected chi connectivity index (χ3v) is 12.3. The van der Waals surface area contributed by atoms with E-state index in [1.165, 1.54) is 71.4 Å². The summed E-state index contributed by atoms with van der Waals surface area (Å²) in [6.45, 7) is 4.81. The molecule has 59 heavy (non-hydrogen) atoms. The van der Waals surface area contributed by atoms with Crippen molar-refractivity contribution in [3.8, 4) is 22.3 Å². The zero-order chi connectivity index (χ0) is 39.5. The molecule has 0 radical (unpaired) electrons. The molecular formula is C57H42N2. The van der Waals surface area contributed by atoms with Crippen molar-refractivity contribution in [1.82, 2.24) is 0 Å². The van der Waals surface area contributed by atoms with Crippen LogP contribution in [0.1, 0.15) is 25.0 Å². The van der Waals surface area contributed by atoms with Crippen molar-refractivity contribution >= 4 is 66.4 Å². The molecule has 1 aliphatic rings. The van der Waals surface area contributed by atoms with E-state index in [2.05, 4.69) is 242 Å². The Bertz CT molecular complexity index is 3140. The van der Waals surface area contributed by atoms with Crippen LogP contribution in [0.4, 0.5) is 34.1 Å². The number of benzene rings is 10. The molecule has 0 N–H and O–H groups in total. The SMILES string of the molecule is CC1(C)c2ccccc2-c2cc3ccc4ccccc4c3c(N(c3ccc(-c4cccc5ccccc45)cc3)c3cccc(N(c4ccccc4)c4ccccc4)c3)c21. The summed E-state index contributed by atoms with van der Waals surface area (Å²) in [5, 5.41) is 7.47. The highest BCUT2D eigenvalue weighted by atomic mass is 15.2. The van der Waals surface area contributed by atoms with Gasteiger partial charge < -0.3 is 9.80 Å². The van der Waals surface area contributed by atoms with Crippen molar-refractivity contribution in [1.29, 1.82) is 0 Å². The van der Waals surface area contributed by atoms with Crippen LogP contribution in [0.2, 0.25) is 0 Å². The Morgan fingerprint density at radius 1 is 0.339 bits per heavy atom. The van der Waals surface area contributed by atoms with Crippen molar-refractivity contribution in [2.45, 2.75) is 19.3 Å². The minimum Gasteiger partial charge on any atom is -0.310 e. The molecule has 11 rings (SSSR count). The topological polar surface area (TPSA) is 6.48 Å². The molecule has 0 heterocycles. The van der Waals surface area contributed by atoms with Crippen molar-refractivity contribution < 1.29 is 0 Å². The Morgan fingerprint density at radius 2 is 0.847 bits per heavy atom. The number of nitrogens with zero attached hydrogens (tertiary/aromatic N) is 2. The largest absolute Gasteiger partial charge is 0.310 e. The van der Waals surface area contributed by atoms with Gasteiger partial charge in [0, 0.05) is 39.2 Å². The molecule has 280 valence electrons. The molecule has 0 saturated carbocycles. The molecule has 0 saturated heterocycles. The average Bonchev–Trinajstić information content (AvgIpc) is 3.52. The normalized spacial score (nSPS) is 12.7. The van der Waals surface area contributed by atoms with E-state index in [-0.39, 0.29) is 5.41 Å². The van der Waals surface area contributed by atoms with Crippen LogP contribution in [0, 0.1) is 0 Å². The molecule has 0 bridgehead atoms. The summed E-state index contributed by atoms with van der Waals surface area (Å²) in [5.74, 6) is 0. The number of hydrogen-bond acceptors (Lipinski definition) is 2. The molecule has 0 fully saturated rings. The van der Waals surface area contributed by atoms with Gasteiger partial charge in [-0.2, -0.15) is 0 Å². The molecule has 0 spiro atoms. The zero-order valence-electron chi connectivity index (χ0n) is 33.2. The van der Waals surface area contributed by atoms with Crippen LogP contribution in [-0.4, -0.2) is 0 Å². The van der Waals surface area contributed by atoms with Gasteiger partial charge in [0.05, 0.1) is 5.69 Å². The van der Waals surface area contributed by atoms with Gasteiger partial charge in [0.15, 0.2) is 0 Å². The van der Waals surface area contributed by atoms with E-state index in [0.29, 0.717) is 0 Å². The smallest absolute Gasteiger partial charge is 0.0593 e. The summed E-state index contributed by atoms with van der Waals surface area (Å²) >= 11 is 0. The van der Waals surface area contributed by atoms with E-state index in [9.17, 15) is 0 Å². The molecule has 0 aliphatic heterocycles. The van der Waals surface area contributed by atoms with Gasteiger partial charge in [-0.25, -0.2) is 0 Å². The number of hydrogen-bond donors (Lipinski definition) is 0. The summed E-state index contributed by atoms with van der Waals surface area (Å²) in [6, 6.07) is 79.9. The number of anilines is 6. The van der Waals surface area contributed by atoms with E-state index >= 15 is 0 Å². The first-order valence-electron chi connectivity index (χ1n) is 20.5. The number of fused-ring (bicyclic) bond motifs is 7. The molecular weight excluding hydrogens is 713 g/mol. The zero-order valence-corrected chi connectivity index (χ0v) is 33.2. The number of rotatable bonds is 7. The molecule has 1 aliphatic carbocycles. The van der Waals surface area contributed by atoms with Crippen LogP contribution in [0.3, 0.4) is 0 Å². The van der Waals surface area contributed by atoms with Gasteiger partial charge in [-0.15, -0.1) is 0 Å². The third-order valence-electron chi connectivity index (χ3n) is 12.3. The molecule has 0 atom stereocenters. The molecule has 0 unspecified atom stereocenters. The van der Waals surface area contributed by atoms with Gasteiger partial charge in [0.1, 0.15) is 0 Å². The van der Waals surface area contributed by atoms with Crippen LogP contribution in [0.5, 0.6) is 0 Å².